The summed E-state index contributed by atoms with van der Waals surface area (Å²) in [6, 6.07) is 13.8. The van der Waals surface area contributed by atoms with Crippen LogP contribution in [0.2, 0.25) is 0 Å². The molecule has 0 saturated heterocycles. The van der Waals surface area contributed by atoms with Crippen LogP contribution in [0.3, 0.4) is 0 Å². The molecule has 1 heterocycles. The topological polar surface area (TPSA) is 119 Å². The summed E-state index contributed by atoms with van der Waals surface area (Å²) in [6.07, 6.45) is 0. The van der Waals surface area contributed by atoms with Gasteiger partial charge in [0.05, 0.1) is 17.8 Å². The number of aromatic amines is 1. The van der Waals surface area contributed by atoms with Gasteiger partial charge in [0.1, 0.15) is 11.4 Å². The predicted molar refractivity (Wildman–Crippen MR) is 134 cm³/mol. The molecule has 9 heteroatoms. The smallest absolute Gasteiger partial charge is 0.291 e. The Morgan fingerprint density at radius 1 is 1.03 bits per heavy atom. The van der Waals surface area contributed by atoms with Crippen LogP contribution in [0.25, 0.3) is 0 Å². The average Bonchev–Trinajstić information content (AvgIpc) is 2.80. The van der Waals surface area contributed by atoms with Crippen LogP contribution in [0, 0.1) is 5.92 Å². The number of phenolic OH excluding ortho intramolecular Hbond substituents is 1. The van der Waals surface area contributed by atoms with Crippen molar-refractivity contribution in [2.75, 3.05) is 24.7 Å². The molecule has 3 rings (SSSR count). The molecule has 4 N–H and O–H groups in total. The quantitative estimate of drug-likeness (QED) is 0.379. The van der Waals surface area contributed by atoms with Crippen molar-refractivity contribution >= 4 is 23.0 Å². The van der Waals surface area contributed by atoms with Gasteiger partial charge in [0.25, 0.3) is 17.0 Å². The van der Waals surface area contributed by atoms with E-state index in [2.05, 4.69) is 15.7 Å². The van der Waals surface area contributed by atoms with Gasteiger partial charge in [-0.15, -0.1) is 0 Å². The molecule has 1 amide bonds. The number of anilines is 3. The van der Waals surface area contributed by atoms with Gasteiger partial charge in [-0.05, 0) is 30.5 Å². The molecule has 34 heavy (non-hydrogen) atoms. The summed E-state index contributed by atoms with van der Waals surface area (Å²) < 4.78 is 1.22. The minimum atomic E-state index is -0.481. The first-order valence-corrected chi connectivity index (χ1v) is 11.1. The molecule has 9 nitrogen and oxygen atoms in total. The molecule has 1 unspecified atom stereocenters. The molecular formula is C25H31N5O4. The SMILES string of the molecule is CC(C)C(C)Nc1c(Nc2cccc(C(=O)N(C)C)c2O)c(=O)n(Cc2ccccc2)[nH]c1=O. The predicted octanol–water partition coefficient (Wildman–Crippen LogP) is 3.19. The van der Waals surface area contributed by atoms with E-state index in [0.717, 1.165) is 5.56 Å². The standard InChI is InChI=1S/C25H31N5O4/c1-15(2)16(3)26-20-21(27-19-13-9-12-18(22(19)31)24(33)29(4)5)25(34)30(28-23(20)32)14-17-10-7-6-8-11-17/h6-13,15-16,26-27,31H,14H2,1-5H3,(H,28,32). The number of hydrogen-bond donors (Lipinski definition) is 4. The minimum Gasteiger partial charge on any atom is -0.505 e. The Morgan fingerprint density at radius 3 is 2.32 bits per heavy atom. The second-order valence-corrected chi connectivity index (χ2v) is 8.77. The van der Waals surface area contributed by atoms with Crippen LogP contribution >= 0.6 is 0 Å². The fraction of sp³-hybridized carbons (Fsp3) is 0.320. The molecule has 0 aliphatic heterocycles. The lowest BCUT2D eigenvalue weighted by atomic mass is 10.1. The zero-order chi connectivity index (χ0) is 25.0. The van der Waals surface area contributed by atoms with Gasteiger partial charge < -0.3 is 20.6 Å². The van der Waals surface area contributed by atoms with Gasteiger partial charge in [-0.1, -0.05) is 50.2 Å². The average molecular weight is 466 g/mol. The highest BCUT2D eigenvalue weighted by atomic mass is 16.3. The van der Waals surface area contributed by atoms with Gasteiger partial charge in [0, 0.05) is 20.1 Å². The zero-order valence-electron chi connectivity index (χ0n) is 20.0. The van der Waals surface area contributed by atoms with Crippen molar-refractivity contribution < 1.29 is 9.90 Å². The maximum atomic E-state index is 13.5. The first-order valence-electron chi connectivity index (χ1n) is 11.1. The van der Waals surface area contributed by atoms with Crippen LogP contribution in [0.1, 0.15) is 36.7 Å². The highest BCUT2D eigenvalue weighted by molar-refractivity contribution is 5.98. The van der Waals surface area contributed by atoms with E-state index in [-0.39, 0.29) is 52.8 Å². The third-order valence-electron chi connectivity index (χ3n) is 5.66. The lowest BCUT2D eigenvalue weighted by Crippen LogP contribution is -2.36. The first-order chi connectivity index (χ1) is 16.1. The number of carbonyl (C=O) groups is 1. The molecule has 2 aromatic carbocycles. The summed E-state index contributed by atoms with van der Waals surface area (Å²) in [5, 5.41) is 19.5. The van der Waals surface area contributed by atoms with Crippen molar-refractivity contribution in [3.8, 4) is 5.75 Å². The number of nitrogens with zero attached hydrogens (tertiary/aromatic N) is 2. The van der Waals surface area contributed by atoms with E-state index in [1.807, 2.05) is 51.1 Å². The van der Waals surface area contributed by atoms with Gasteiger partial charge in [-0.2, -0.15) is 0 Å². The van der Waals surface area contributed by atoms with Crippen LogP contribution < -0.4 is 21.8 Å². The van der Waals surface area contributed by atoms with Crippen LogP contribution in [-0.4, -0.2) is 45.8 Å². The van der Waals surface area contributed by atoms with Crippen molar-refractivity contribution in [2.45, 2.75) is 33.4 Å². The zero-order valence-corrected chi connectivity index (χ0v) is 20.0. The van der Waals surface area contributed by atoms with Crippen molar-refractivity contribution in [3.05, 3.63) is 80.4 Å². The Labute approximate surface area is 198 Å². The number of amides is 1. The largest absolute Gasteiger partial charge is 0.505 e. The number of rotatable bonds is 8. The Kier molecular flexibility index (Phi) is 7.45. The summed E-state index contributed by atoms with van der Waals surface area (Å²) >= 11 is 0. The lowest BCUT2D eigenvalue weighted by Gasteiger charge is -2.22. The van der Waals surface area contributed by atoms with E-state index >= 15 is 0 Å². The van der Waals surface area contributed by atoms with E-state index in [0.29, 0.717) is 0 Å². The van der Waals surface area contributed by atoms with Gasteiger partial charge >= 0.3 is 0 Å². The van der Waals surface area contributed by atoms with E-state index in [4.69, 9.17) is 0 Å². The number of nitrogens with one attached hydrogen (secondary N) is 3. The molecule has 0 spiro atoms. The molecule has 3 aromatic rings. The Morgan fingerprint density at radius 2 is 1.71 bits per heavy atom. The number of para-hydroxylation sites is 1. The van der Waals surface area contributed by atoms with Crippen LogP contribution in [0.4, 0.5) is 17.1 Å². The highest BCUT2D eigenvalue weighted by Crippen LogP contribution is 2.31. The highest BCUT2D eigenvalue weighted by Gasteiger charge is 2.21. The number of hydrogen-bond acceptors (Lipinski definition) is 6. The van der Waals surface area contributed by atoms with Crippen LogP contribution in [0.15, 0.2) is 58.1 Å². The Hall–Kier alpha value is -4.01. The second kappa shape index (κ2) is 10.3. The van der Waals surface area contributed by atoms with E-state index in [1.54, 1.807) is 26.2 Å². The first kappa shape index (κ1) is 24.6. The number of benzene rings is 2. The number of aromatic nitrogens is 2. The molecule has 0 bridgehead atoms. The van der Waals surface area contributed by atoms with Crippen molar-refractivity contribution in [1.82, 2.24) is 14.7 Å². The fourth-order valence-corrected chi connectivity index (χ4v) is 3.30. The molecule has 1 atom stereocenters. The number of carbonyl (C=O) groups excluding carboxylic acids is 1. The summed E-state index contributed by atoms with van der Waals surface area (Å²) in [7, 11) is 3.16. The molecule has 0 saturated carbocycles. The normalized spacial score (nSPS) is 11.8. The Balaban J connectivity index is 2.13. The molecular weight excluding hydrogens is 434 g/mol. The molecule has 0 aliphatic carbocycles. The van der Waals surface area contributed by atoms with Gasteiger partial charge in [-0.3, -0.25) is 19.5 Å². The van der Waals surface area contributed by atoms with E-state index in [9.17, 15) is 19.5 Å². The summed E-state index contributed by atoms with van der Waals surface area (Å²) in [5.74, 6) is -0.507. The third-order valence-corrected chi connectivity index (χ3v) is 5.66. The summed E-state index contributed by atoms with van der Waals surface area (Å²) in [5.41, 5.74) is 0.146. The van der Waals surface area contributed by atoms with Crippen LogP contribution in [-0.2, 0) is 6.54 Å². The monoisotopic (exact) mass is 465 g/mol. The number of aromatic hydroxyl groups is 1. The molecule has 180 valence electrons. The van der Waals surface area contributed by atoms with E-state index < -0.39 is 11.1 Å². The van der Waals surface area contributed by atoms with Gasteiger partial charge in [0.15, 0.2) is 5.75 Å². The van der Waals surface area contributed by atoms with Gasteiger partial charge in [0.2, 0.25) is 0 Å². The van der Waals surface area contributed by atoms with Crippen molar-refractivity contribution in [1.29, 1.82) is 0 Å². The molecule has 0 fully saturated rings. The Bertz CT molecular complexity index is 1280. The summed E-state index contributed by atoms with van der Waals surface area (Å²) in [4.78, 5) is 40.3. The molecule has 0 radical (unpaired) electrons. The maximum absolute atomic E-state index is 13.5. The molecule has 0 aliphatic rings. The fourth-order valence-electron chi connectivity index (χ4n) is 3.30. The number of phenols is 1. The van der Waals surface area contributed by atoms with E-state index in [1.165, 1.54) is 15.6 Å². The van der Waals surface area contributed by atoms with Crippen LogP contribution in [0.5, 0.6) is 5.75 Å². The summed E-state index contributed by atoms with van der Waals surface area (Å²) in [6.45, 7) is 6.07. The van der Waals surface area contributed by atoms with Gasteiger partial charge in [-0.25, -0.2) is 4.68 Å². The maximum Gasteiger partial charge on any atom is 0.291 e. The number of H-pyrrole nitrogens is 1. The lowest BCUT2D eigenvalue weighted by molar-refractivity contribution is 0.0824. The molecule has 1 aromatic heterocycles. The second-order valence-electron chi connectivity index (χ2n) is 8.77. The van der Waals surface area contributed by atoms with Crippen molar-refractivity contribution in [3.63, 3.8) is 0 Å². The third kappa shape index (κ3) is 5.31. The van der Waals surface area contributed by atoms with Crippen molar-refractivity contribution in [2.24, 2.45) is 5.92 Å². The minimum absolute atomic E-state index is 0.0167.